The number of esters is 1. The van der Waals surface area contributed by atoms with Crippen molar-refractivity contribution in [1.29, 1.82) is 0 Å². The number of carbonyl (C=O) groups excluding carboxylic acids is 2. The molecule has 0 radical (unpaired) electrons. The highest BCUT2D eigenvalue weighted by molar-refractivity contribution is 7.99. The Bertz CT molecular complexity index is 1450. The molecule has 184 valence electrons. The smallest absolute Gasteiger partial charge is 0.340 e. The average molecular weight is 507 g/mol. The molecule has 0 aliphatic heterocycles. The molecule has 0 saturated heterocycles. The Morgan fingerprint density at radius 3 is 2.61 bits per heavy atom. The van der Waals surface area contributed by atoms with Crippen LogP contribution < -0.4 is 10.1 Å². The molecule has 0 bridgehead atoms. The quantitative estimate of drug-likeness (QED) is 0.148. The summed E-state index contributed by atoms with van der Waals surface area (Å²) in [5.41, 5.74) is 2.22. The summed E-state index contributed by atoms with van der Waals surface area (Å²) >= 11 is 1.15. The highest BCUT2D eigenvalue weighted by atomic mass is 32.2. The molecule has 1 aromatic heterocycles. The minimum atomic E-state index is -0.527. The van der Waals surface area contributed by atoms with Gasteiger partial charge in [-0.25, -0.2) is 9.78 Å². The number of nitro benzene ring substituents is 1. The summed E-state index contributed by atoms with van der Waals surface area (Å²) < 4.78 is 12.4. The van der Waals surface area contributed by atoms with Crippen molar-refractivity contribution in [2.24, 2.45) is 0 Å². The van der Waals surface area contributed by atoms with Crippen LogP contribution in [0.1, 0.15) is 17.3 Å². The molecule has 1 N–H and O–H groups in total. The van der Waals surface area contributed by atoms with Crippen molar-refractivity contribution in [3.63, 3.8) is 0 Å². The second-order valence-corrected chi connectivity index (χ2v) is 8.38. The van der Waals surface area contributed by atoms with Gasteiger partial charge in [-0.05, 0) is 37.3 Å². The highest BCUT2D eigenvalue weighted by Crippen LogP contribution is 2.34. The summed E-state index contributed by atoms with van der Waals surface area (Å²) in [5.74, 6) is -0.343. The number of nitrogens with one attached hydrogen (secondary N) is 1. The number of nitro groups is 1. The lowest BCUT2D eigenvalue weighted by molar-refractivity contribution is -0.384. The molecule has 10 nitrogen and oxygen atoms in total. The third kappa shape index (κ3) is 5.15. The number of hydrogen-bond acceptors (Lipinski definition) is 8. The van der Waals surface area contributed by atoms with E-state index in [0.29, 0.717) is 33.3 Å². The number of aromatic nitrogens is 2. The second kappa shape index (κ2) is 10.9. The maximum absolute atomic E-state index is 12.8. The number of ether oxygens (including phenoxy) is 2. The standard InChI is InChI=1S/C25H22N4O6S/c1-3-35-24(31)17-8-4-5-9-18(17)26-23(30)15-36-25-27-19-14-16(29(32)33)12-13-20(19)28(25)21-10-6-7-11-22(21)34-2/h4-14H,3,15H2,1-2H3,(H,26,30). The third-order valence-electron chi connectivity index (χ3n) is 5.17. The van der Waals surface area contributed by atoms with Crippen LogP contribution in [0.5, 0.6) is 5.75 Å². The molecular formula is C25H22N4O6S. The fourth-order valence-electron chi connectivity index (χ4n) is 3.60. The van der Waals surface area contributed by atoms with Gasteiger partial charge in [0.1, 0.15) is 5.75 Å². The van der Waals surface area contributed by atoms with Gasteiger partial charge in [0.05, 0.1) is 52.4 Å². The van der Waals surface area contributed by atoms with Gasteiger partial charge in [-0.3, -0.25) is 19.5 Å². The van der Waals surface area contributed by atoms with Crippen molar-refractivity contribution >= 4 is 46.0 Å². The molecular weight excluding hydrogens is 484 g/mol. The van der Waals surface area contributed by atoms with E-state index in [1.54, 1.807) is 55.0 Å². The SMILES string of the molecule is CCOC(=O)c1ccccc1NC(=O)CSc1nc2cc([N+](=O)[O-])ccc2n1-c1ccccc1OC. The number of thioether (sulfide) groups is 1. The molecule has 36 heavy (non-hydrogen) atoms. The van der Waals surface area contributed by atoms with Gasteiger partial charge in [0.2, 0.25) is 5.91 Å². The van der Waals surface area contributed by atoms with E-state index in [1.807, 2.05) is 18.2 Å². The molecule has 0 fully saturated rings. The van der Waals surface area contributed by atoms with E-state index in [4.69, 9.17) is 9.47 Å². The van der Waals surface area contributed by atoms with Gasteiger partial charge in [0.25, 0.3) is 5.69 Å². The number of hydrogen-bond donors (Lipinski definition) is 1. The van der Waals surface area contributed by atoms with Crippen LogP contribution in [-0.2, 0) is 9.53 Å². The van der Waals surface area contributed by atoms with Crippen LogP contribution in [0.25, 0.3) is 16.7 Å². The Labute approximate surface area is 210 Å². The minimum Gasteiger partial charge on any atom is -0.495 e. The highest BCUT2D eigenvalue weighted by Gasteiger charge is 2.20. The van der Waals surface area contributed by atoms with Gasteiger partial charge in [0.15, 0.2) is 5.16 Å². The van der Waals surface area contributed by atoms with E-state index < -0.39 is 10.9 Å². The largest absolute Gasteiger partial charge is 0.495 e. The number of amides is 1. The lowest BCUT2D eigenvalue weighted by Gasteiger charge is -2.13. The third-order valence-corrected chi connectivity index (χ3v) is 6.11. The minimum absolute atomic E-state index is 0.0300. The van der Waals surface area contributed by atoms with E-state index in [-0.39, 0.29) is 29.5 Å². The Kier molecular flexibility index (Phi) is 7.50. The topological polar surface area (TPSA) is 126 Å². The number of imidazole rings is 1. The number of carbonyl (C=O) groups is 2. The van der Waals surface area contributed by atoms with Gasteiger partial charge >= 0.3 is 5.97 Å². The second-order valence-electron chi connectivity index (χ2n) is 7.43. The number of non-ortho nitro benzene ring substituents is 1. The molecule has 1 heterocycles. The van der Waals surface area contributed by atoms with Crippen molar-refractivity contribution in [1.82, 2.24) is 9.55 Å². The van der Waals surface area contributed by atoms with Crippen LogP contribution >= 0.6 is 11.8 Å². The first-order valence-electron chi connectivity index (χ1n) is 10.9. The van der Waals surface area contributed by atoms with Crippen LogP contribution in [0.4, 0.5) is 11.4 Å². The van der Waals surface area contributed by atoms with E-state index >= 15 is 0 Å². The summed E-state index contributed by atoms with van der Waals surface area (Å²) in [4.78, 5) is 40.4. The monoisotopic (exact) mass is 506 g/mol. The molecule has 0 aliphatic carbocycles. The van der Waals surface area contributed by atoms with Gasteiger partial charge in [-0.1, -0.05) is 36.0 Å². The normalized spacial score (nSPS) is 10.7. The first-order valence-corrected chi connectivity index (χ1v) is 11.9. The molecule has 3 aromatic carbocycles. The average Bonchev–Trinajstić information content (AvgIpc) is 3.25. The van der Waals surface area contributed by atoms with Crippen LogP contribution in [0.15, 0.2) is 71.9 Å². The Morgan fingerprint density at radius 2 is 1.86 bits per heavy atom. The van der Waals surface area contributed by atoms with Crippen LogP contribution in [-0.4, -0.2) is 45.8 Å². The van der Waals surface area contributed by atoms with Crippen LogP contribution in [0.2, 0.25) is 0 Å². The summed E-state index contributed by atoms with van der Waals surface area (Å²) in [6, 6.07) is 18.3. The zero-order valence-electron chi connectivity index (χ0n) is 19.5. The first kappa shape index (κ1) is 24.7. The maximum Gasteiger partial charge on any atom is 0.340 e. The molecule has 0 saturated carbocycles. The van der Waals surface area contributed by atoms with Crippen molar-refractivity contribution in [2.45, 2.75) is 12.1 Å². The van der Waals surface area contributed by atoms with Crippen molar-refractivity contribution in [3.05, 3.63) is 82.4 Å². The lowest BCUT2D eigenvalue weighted by atomic mass is 10.2. The van der Waals surface area contributed by atoms with E-state index in [1.165, 1.54) is 12.1 Å². The summed E-state index contributed by atoms with van der Waals surface area (Å²) in [6.45, 7) is 1.92. The molecule has 1 amide bonds. The fourth-order valence-corrected chi connectivity index (χ4v) is 4.42. The van der Waals surface area contributed by atoms with Crippen molar-refractivity contribution < 1.29 is 24.0 Å². The first-order chi connectivity index (χ1) is 17.4. The zero-order chi connectivity index (χ0) is 25.7. The number of para-hydroxylation sites is 3. The van der Waals surface area contributed by atoms with E-state index in [2.05, 4.69) is 10.3 Å². The van der Waals surface area contributed by atoms with Gasteiger partial charge in [-0.2, -0.15) is 0 Å². The lowest BCUT2D eigenvalue weighted by Crippen LogP contribution is -2.17. The maximum atomic E-state index is 12.8. The predicted octanol–water partition coefficient (Wildman–Crippen LogP) is 4.85. The zero-order valence-corrected chi connectivity index (χ0v) is 20.3. The fraction of sp³-hybridized carbons (Fsp3) is 0.160. The number of nitrogens with zero attached hydrogens (tertiary/aromatic N) is 3. The number of benzene rings is 3. The predicted molar refractivity (Wildman–Crippen MR) is 136 cm³/mol. The molecule has 4 rings (SSSR count). The van der Waals surface area contributed by atoms with Gasteiger partial charge in [-0.15, -0.1) is 0 Å². The number of rotatable bonds is 9. The molecule has 4 aromatic rings. The Hall–Kier alpha value is -4.38. The number of fused-ring (bicyclic) bond motifs is 1. The summed E-state index contributed by atoms with van der Waals surface area (Å²) in [7, 11) is 1.55. The van der Waals surface area contributed by atoms with E-state index in [0.717, 1.165) is 11.8 Å². The summed E-state index contributed by atoms with van der Waals surface area (Å²) in [5, 5.41) is 14.5. The van der Waals surface area contributed by atoms with Crippen molar-refractivity contribution in [3.8, 4) is 11.4 Å². The molecule has 0 aliphatic rings. The van der Waals surface area contributed by atoms with Crippen LogP contribution in [0.3, 0.4) is 0 Å². The van der Waals surface area contributed by atoms with Crippen LogP contribution in [0, 0.1) is 10.1 Å². The summed E-state index contributed by atoms with van der Waals surface area (Å²) in [6.07, 6.45) is 0. The van der Waals surface area contributed by atoms with Crippen molar-refractivity contribution in [2.75, 3.05) is 24.8 Å². The molecule has 0 atom stereocenters. The molecule has 11 heteroatoms. The molecule has 0 spiro atoms. The molecule has 0 unspecified atom stereocenters. The van der Waals surface area contributed by atoms with Gasteiger partial charge in [0, 0.05) is 12.1 Å². The van der Waals surface area contributed by atoms with Gasteiger partial charge < -0.3 is 14.8 Å². The van der Waals surface area contributed by atoms with E-state index in [9.17, 15) is 19.7 Å². The Balaban J connectivity index is 1.65. The Morgan fingerprint density at radius 1 is 1.11 bits per heavy atom. The number of anilines is 1. The number of methoxy groups -OCH3 is 1.